The quantitative estimate of drug-likeness (QED) is 0.116. The zero-order valence-corrected chi connectivity index (χ0v) is 24.1. The van der Waals surface area contributed by atoms with Gasteiger partial charge in [0.1, 0.15) is 47.9 Å². The third kappa shape index (κ3) is 6.45. The van der Waals surface area contributed by atoms with Crippen LogP contribution in [-0.2, 0) is 9.47 Å². The van der Waals surface area contributed by atoms with Gasteiger partial charge in [-0.15, -0.1) is 0 Å². The Balaban J connectivity index is 1.32. The number of fused-ring (bicyclic) bond motifs is 1. The van der Waals surface area contributed by atoms with Crippen LogP contribution in [0, 0.1) is 0 Å². The summed E-state index contributed by atoms with van der Waals surface area (Å²) in [5, 5.41) is 0.870. The topological polar surface area (TPSA) is 92.5 Å². The molecule has 0 saturated carbocycles. The van der Waals surface area contributed by atoms with Crippen molar-refractivity contribution < 1.29 is 23.8 Å². The molecular formula is C35H26ClN3O5. The highest BCUT2D eigenvalue weighted by molar-refractivity contribution is 6.35. The first-order valence-electron chi connectivity index (χ1n) is 13.9. The van der Waals surface area contributed by atoms with Gasteiger partial charge < -0.3 is 18.8 Å². The zero-order valence-electron chi connectivity index (χ0n) is 23.4. The van der Waals surface area contributed by atoms with Crippen LogP contribution in [0.2, 0.25) is 5.15 Å². The summed E-state index contributed by atoms with van der Waals surface area (Å²) >= 11 is 6.62. The third-order valence-electron chi connectivity index (χ3n) is 6.93. The molecule has 218 valence electrons. The zero-order chi connectivity index (χ0) is 30.3. The van der Waals surface area contributed by atoms with E-state index in [0.29, 0.717) is 27.9 Å². The van der Waals surface area contributed by atoms with Gasteiger partial charge in [0.2, 0.25) is 0 Å². The van der Waals surface area contributed by atoms with Gasteiger partial charge in [-0.05, 0) is 54.1 Å². The second kappa shape index (κ2) is 13.2. The number of esters is 2. The lowest BCUT2D eigenvalue weighted by Crippen LogP contribution is -2.24. The fourth-order valence-electron chi connectivity index (χ4n) is 4.74. The molecule has 2 heterocycles. The van der Waals surface area contributed by atoms with Crippen molar-refractivity contribution in [1.29, 1.82) is 0 Å². The fourth-order valence-corrected chi connectivity index (χ4v) is 4.97. The van der Waals surface area contributed by atoms with Crippen molar-refractivity contribution in [2.75, 3.05) is 13.2 Å². The minimum atomic E-state index is -0.627. The number of para-hydroxylation sites is 1. The molecule has 0 saturated heterocycles. The van der Waals surface area contributed by atoms with Gasteiger partial charge in [0, 0.05) is 11.8 Å². The van der Waals surface area contributed by atoms with Crippen molar-refractivity contribution >= 4 is 34.6 Å². The van der Waals surface area contributed by atoms with Crippen LogP contribution < -0.4 is 4.74 Å². The molecule has 8 nitrogen and oxygen atoms in total. The molecule has 2 aromatic heterocycles. The maximum Gasteiger partial charge on any atom is 0.338 e. The Morgan fingerprint density at radius 2 is 1.20 bits per heavy atom. The summed E-state index contributed by atoms with van der Waals surface area (Å²) in [6, 6.07) is 33.8. The molecule has 0 unspecified atom stereocenters. The van der Waals surface area contributed by atoms with Crippen LogP contribution in [0.4, 0.5) is 0 Å². The number of aromatic nitrogens is 3. The Morgan fingerprint density at radius 1 is 0.682 bits per heavy atom. The molecule has 0 atom stereocenters. The summed E-state index contributed by atoms with van der Waals surface area (Å²) in [5.41, 5.74) is 2.92. The van der Waals surface area contributed by atoms with E-state index >= 15 is 0 Å². The number of halogens is 1. The number of ether oxygens (including phenoxy) is 3. The molecule has 9 heteroatoms. The standard InChI is InChI=1S/C35H26ClN3O5/c36-32-31-30(24-16-18-29(19-17-24)44-28-14-8-3-9-15-28)20-39(33(31)38-23-37-32)27(21-42-34(40)25-10-4-1-5-11-25)22-43-35(41)26-12-6-2-7-13-26/h1-20,23,27H,21-22H2. The molecule has 0 amide bonds. The van der Waals surface area contributed by atoms with Crippen LogP contribution in [0.15, 0.2) is 128 Å². The Morgan fingerprint density at radius 3 is 1.77 bits per heavy atom. The molecule has 0 aliphatic rings. The van der Waals surface area contributed by atoms with E-state index in [2.05, 4.69) is 9.97 Å². The summed E-state index contributed by atoms with van der Waals surface area (Å²) in [4.78, 5) is 34.4. The van der Waals surface area contributed by atoms with E-state index in [1.165, 1.54) is 6.33 Å². The molecule has 0 aliphatic carbocycles. The molecule has 6 aromatic rings. The summed E-state index contributed by atoms with van der Waals surface area (Å²) in [7, 11) is 0. The predicted octanol–water partition coefficient (Wildman–Crippen LogP) is 7.80. The van der Waals surface area contributed by atoms with Crippen LogP contribution in [0.25, 0.3) is 22.2 Å². The Bertz CT molecular complexity index is 1820. The first-order chi connectivity index (χ1) is 21.6. The van der Waals surface area contributed by atoms with Gasteiger partial charge in [-0.3, -0.25) is 0 Å². The molecule has 44 heavy (non-hydrogen) atoms. The molecule has 6 rings (SSSR count). The Labute approximate surface area is 258 Å². The van der Waals surface area contributed by atoms with Crippen LogP contribution in [-0.4, -0.2) is 39.7 Å². The first kappa shape index (κ1) is 28.6. The number of rotatable bonds is 10. The summed E-state index contributed by atoms with van der Waals surface area (Å²) in [6.07, 6.45) is 3.22. The number of nitrogens with zero attached hydrogens (tertiary/aromatic N) is 3. The number of benzene rings is 4. The lowest BCUT2D eigenvalue weighted by atomic mass is 10.1. The molecule has 0 radical (unpaired) electrons. The molecule has 4 aromatic carbocycles. The summed E-state index contributed by atoms with van der Waals surface area (Å²) in [5.74, 6) is 0.405. The maximum absolute atomic E-state index is 12.8. The van der Waals surface area contributed by atoms with Gasteiger partial charge in [-0.1, -0.05) is 78.3 Å². The number of carbonyl (C=O) groups excluding carboxylic acids is 2. The van der Waals surface area contributed by atoms with Crippen molar-refractivity contribution in [2.24, 2.45) is 0 Å². The van der Waals surface area contributed by atoms with Crippen molar-refractivity contribution in [2.45, 2.75) is 6.04 Å². The minimum Gasteiger partial charge on any atom is -0.460 e. The SMILES string of the molecule is O=C(OCC(COC(=O)c1ccccc1)n1cc(-c2ccc(Oc3ccccc3)cc2)c2c(Cl)ncnc21)c1ccccc1. The second-order valence-corrected chi connectivity index (χ2v) is 10.2. The smallest absolute Gasteiger partial charge is 0.338 e. The average Bonchev–Trinajstić information content (AvgIpc) is 3.47. The predicted molar refractivity (Wildman–Crippen MR) is 167 cm³/mol. The largest absolute Gasteiger partial charge is 0.460 e. The lowest BCUT2D eigenvalue weighted by molar-refractivity contribution is 0.0281. The normalized spacial score (nSPS) is 11.0. The number of carbonyl (C=O) groups is 2. The van der Waals surface area contributed by atoms with E-state index in [9.17, 15) is 9.59 Å². The molecule has 0 spiro atoms. The van der Waals surface area contributed by atoms with E-state index < -0.39 is 18.0 Å². The molecule has 0 N–H and O–H groups in total. The molecular weight excluding hydrogens is 578 g/mol. The molecule has 0 bridgehead atoms. The number of hydrogen-bond donors (Lipinski definition) is 0. The van der Waals surface area contributed by atoms with Crippen molar-refractivity contribution in [3.63, 3.8) is 0 Å². The minimum absolute atomic E-state index is 0.0928. The van der Waals surface area contributed by atoms with Crippen LogP contribution in [0.3, 0.4) is 0 Å². The second-order valence-electron chi connectivity index (χ2n) is 9.84. The number of hydrogen-bond acceptors (Lipinski definition) is 7. The molecule has 0 fully saturated rings. The van der Waals surface area contributed by atoms with Gasteiger partial charge >= 0.3 is 11.9 Å². The summed E-state index contributed by atoms with van der Waals surface area (Å²) in [6.45, 7) is -0.186. The lowest BCUT2D eigenvalue weighted by Gasteiger charge is -2.20. The fraction of sp³-hybridized carbons (Fsp3) is 0.0857. The summed E-state index contributed by atoms with van der Waals surface area (Å²) < 4.78 is 19.2. The van der Waals surface area contributed by atoms with Gasteiger partial charge in [0.25, 0.3) is 0 Å². The van der Waals surface area contributed by atoms with Crippen LogP contribution >= 0.6 is 11.6 Å². The Hall–Kier alpha value is -5.47. The average molecular weight is 604 g/mol. The van der Waals surface area contributed by atoms with Gasteiger partial charge in [-0.2, -0.15) is 0 Å². The highest BCUT2D eigenvalue weighted by Crippen LogP contribution is 2.36. The van der Waals surface area contributed by atoms with Gasteiger partial charge in [0.15, 0.2) is 0 Å². The monoisotopic (exact) mass is 603 g/mol. The van der Waals surface area contributed by atoms with E-state index in [1.807, 2.05) is 77.5 Å². The van der Waals surface area contributed by atoms with Crippen molar-refractivity contribution in [3.05, 3.63) is 144 Å². The highest BCUT2D eigenvalue weighted by Gasteiger charge is 2.24. The van der Waals surface area contributed by atoms with E-state index in [1.54, 1.807) is 48.5 Å². The van der Waals surface area contributed by atoms with Gasteiger partial charge in [-0.25, -0.2) is 19.6 Å². The van der Waals surface area contributed by atoms with Gasteiger partial charge in [0.05, 0.1) is 16.5 Å². The Kier molecular flexibility index (Phi) is 8.61. The third-order valence-corrected chi connectivity index (χ3v) is 7.22. The van der Waals surface area contributed by atoms with E-state index in [-0.39, 0.29) is 18.4 Å². The van der Waals surface area contributed by atoms with Crippen LogP contribution in [0.5, 0.6) is 11.5 Å². The first-order valence-corrected chi connectivity index (χ1v) is 14.2. The highest BCUT2D eigenvalue weighted by atomic mass is 35.5. The maximum atomic E-state index is 12.8. The van der Waals surface area contributed by atoms with E-state index in [0.717, 1.165) is 16.9 Å². The van der Waals surface area contributed by atoms with Crippen LogP contribution in [0.1, 0.15) is 26.8 Å². The van der Waals surface area contributed by atoms with Crippen molar-refractivity contribution in [1.82, 2.24) is 14.5 Å². The molecule has 0 aliphatic heterocycles. The van der Waals surface area contributed by atoms with E-state index in [4.69, 9.17) is 25.8 Å². The van der Waals surface area contributed by atoms with Crippen molar-refractivity contribution in [3.8, 4) is 22.6 Å².